The van der Waals surface area contributed by atoms with Crippen LogP contribution in [0.15, 0.2) is 0 Å². The highest BCUT2D eigenvalue weighted by Gasteiger charge is 2.43. The number of nitrogens with one attached hydrogen (secondary N) is 1. The zero-order valence-corrected chi connectivity index (χ0v) is 11.8. The highest BCUT2D eigenvalue weighted by atomic mass is 16.4. The van der Waals surface area contributed by atoms with E-state index in [1.54, 1.807) is 0 Å². The smallest absolute Gasteiger partial charge is 0.308 e. The topological polar surface area (TPSA) is 161 Å². The molecule has 0 aromatic heterocycles. The van der Waals surface area contributed by atoms with Gasteiger partial charge in [0.05, 0.1) is 24.7 Å². The van der Waals surface area contributed by atoms with E-state index in [2.05, 4.69) is 5.32 Å². The fourth-order valence-corrected chi connectivity index (χ4v) is 3.00. The summed E-state index contributed by atoms with van der Waals surface area (Å²) >= 11 is 0. The van der Waals surface area contributed by atoms with E-state index >= 15 is 0 Å². The molecule has 9 nitrogen and oxygen atoms in total. The van der Waals surface area contributed by atoms with Crippen molar-refractivity contribution in [2.24, 2.45) is 17.8 Å². The fraction of sp³-hybridized carbons (Fsp3) is 0.692. The van der Waals surface area contributed by atoms with Crippen LogP contribution in [-0.4, -0.2) is 56.9 Å². The first-order valence-corrected chi connectivity index (χ1v) is 6.86. The van der Waals surface area contributed by atoms with Crippen LogP contribution in [0.5, 0.6) is 0 Å². The van der Waals surface area contributed by atoms with Crippen LogP contribution in [0.2, 0.25) is 0 Å². The first-order valence-electron chi connectivity index (χ1n) is 6.86. The molecular formula is C13H19NO8. The van der Waals surface area contributed by atoms with Gasteiger partial charge in [-0.25, -0.2) is 0 Å². The van der Waals surface area contributed by atoms with Gasteiger partial charge in [0.15, 0.2) is 0 Å². The summed E-state index contributed by atoms with van der Waals surface area (Å²) in [6, 6.07) is -0.886. The SMILES string of the molecule is O=C(O)CC(C(=O)O)C1CCCNC1C(CC(=O)O)C(=O)O. The summed E-state index contributed by atoms with van der Waals surface area (Å²) in [4.78, 5) is 44.4. The standard InChI is InChI=1S/C13H19NO8/c15-9(16)4-7(12(19)20)6-2-1-3-14-11(6)8(13(21)22)5-10(17)18/h6-8,11,14H,1-5H2,(H,15,16)(H,17,18)(H,19,20)(H,21,22). The number of carboxylic acid groups (broad SMARTS) is 4. The van der Waals surface area contributed by atoms with Gasteiger partial charge >= 0.3 is 23.9 Å². The third-order valence-corrected chi connectivity index (χ3v) is 3.93. The molecule has 0 aromatic rings. The zero-order valence-electron chi connectivity index (χ0n) is 11.8. The lowest BCUT2D eigenvalue weighted by molar-refractivity contribution is -0.155. The number of hydrogen-bond acceptors (Lipinski definition) is 5. The van der Waals surface area contributed by atoms with Crippen LogP contribution in [0.3, 0.4) is 0 Å². The Morgan fingerprint density at radius 3 is 1.86 bits per heavy atom. The van der Waals surface area contributed by atoms with E-state index in [9.17, 15) is 29.4 Å². The van der Waals surface area contributed by atoms with Gasteiger partial charge in [-0.3, -0.25) is 19.2 Å². The summed E-state index contributed by atoms with van der Waals surface area (Å²) in [5.41, 5.74) is 0. The summed E-state index contributed by atoms with van der Waals surface area (Å²) in [5.74, 6) is -8.57. The molecule has 9 heteroatoms. The van der Waals surface area contributed by atoms with Crippen LogP contribution in [-0.2, 0) is 19.2 Å². The molecule has 22 heavy (non-hydrogen) atoms. The van der Waals surface area contributed by atoms with Crippen molar-refractivity contribution in [2.75, 3.05) is 6.54 Å². The van der Waals surface area contributed by atoms with Crippen LogP contribution in [0.1, 0.15) is 25.7 Å². The lowest BCUT2D eigenvalue weighted by Gasteiger charge is -2.38. The molecule has 0 aromatic carbocycles. The monoisotopic (exact) mass is 317 g/mol. The molecule has 1 saturated heterocycles. The van der Waals surface area contributed by atoms with E-state index < -0.39 is 60.5 Å². The predicted molar refractivity (Wildman–Crippen MR) is 71.3 cm³/mol. The first kappa shape index (κ1) is 17.9. The van der Waals surface area contributed by atoms with Crippen molar-refractivity contribution in [3.63, 3.8) is 0 Å². The molecule has 4 unspecified atom stereocenters. The summed E-state index contributed by atoms with van der Waals surface area (Å²) in [5, 5.41) is 39.0. The van der Waals surface area contributed by atoms with Gasteiger partial charge in [0.2, 0.25) is 0 Å². The van der Waals surface area contributed by atoms with E-state index in [0.29, 0.717) is 19.4 Å². The Labute approximate surface area is 125 Å². The van der Waals surface area contributed by atoms with Crippen molar-refractivity contribution in [3.05, 3.63) is 0 Å². The van der Waals surface area contributed by atoms with Gasteiger partial charge in [-0.1, -0.05) is 0 Å². The Hall–Kier alpha value is -2.16. The van der Waals surface area contributed by atoms with Gasteiger partial charge in [0.25, 0.3) is 0 Å². The molecule has 5 N–H and O–H groups in total. The van der Waals surface area contributed by atoms with Crippen LogP contribution in [0, 0.1) is 17.8 Å². The number of carbonyl (C=O) groups is 4. The fourth-order valence-electron chi connectivity index (χ4n) is 3.00. The second kappa shape index (κ2) is 7.74. The Morgan fingerprint density at radius 1 is 0.909 bits per heavy atom. The third-order valence-electron chi connectivity index (χ3n) is 3.93. The molecule has 0 aliphatic carbocycles. The van der Waals surface area contributed by atoms with Crippen LogP contribution in [0.4, 0.5) is 0 Å². The van der Waals surface area contributed by atoms with Crippen LogP contribution in [0.25, 0.3) is 0 Å². The number of carboxylic acids is 4. The summed E-state index contributed by atoms with van der Waals surface area (Å²) in [6.45, 7) is 0.435. The van der Waals surface area contributed by atoms with Crippen molar-refractivity contribution < 1.29 is 39.6 Å². The van der Waals surface area contributed by atoms with Crippen molar-refractivity contribution in [1.29, 1.82) is 0 Å². The maximum Gasteiger partial charge on any atom is 0.308 e. The molecule has 0 radical (unpaired) electrons. The van der Waals surface area contributed by atoms with E-state index in [1.165, 1.54) is 0 Å². The van der Waals surface area contributed by atoms with Gasteiger partial charge < -0.3 is 25.7 Å². The van der Waals surface area contributed by atoms with Crippen molar-refractivity contribution >= 4 is 23.9 Å². The van der Waals surface area contributed by atoms with Gasteiger partial charge in [-0.05, 0) is 25.3 Å². The Kier molecular flexibility index (Phi) is 6.29. The minimum Gasteiger partial charge on any atom is -0.481 e. The molecule has 1 aliphatic heterocycles. The van der Waals surface area contributed by atoms with Crippen LogP contribution >= 0.6 is 0 Å². The molecular weight excluding hydrogens is 298 g/mol. The second-order valence-electron chi connectivity index (χ2n) is 5.37. The van der Waals surface area contributed by atoms with E-state index in [0.717, 1.165) is 0 Å². The predicted octanol–water partition coefficient (Wildman–Crippen LogP) is -0.294. The highest BCUT2D eigenvalue weighted by molar-refractivity contribution is 5.80. The Morgan fingerprint density at radius 2 is 1.41 bits per heavy atom. The van der Waals surface area contributed by atoms with Gasteiger partial charge in [-0.15, -0.1) is 0 Å². The Bertz CT molecular complexity index is 421. The Balaban J connectivity index is 3.05. The van der Waals surface area contributed by atoms with E-state index in [4.69, 9.17) is 10.2 Å². The maximum absolute atomic E-state index is 11.3. The summed E-state index contributed by atoms with van der Waals surface area (Å²) < 4.78 is 0. The molecule has 1 aliphatic rings. The summed E-state index contributed by atoms with van der Waals surface area (Å²) in [6.07, 6.45) is -0.365. The molecule has 4 atom stereocenters. The molecule has 1 fully saturated rings. The number of aliphatic carboxylic acids is 4. The number of piperidine rings is 1. The minimum absolute atomic E-state index is 0.339. The molecule has 1 rings (SSSR count). The molecule has 0 bridgehead atoms. The average Bonchev–Trinajstić information content (AvgIpc) is 2.41. The number of rotatable bonds is 8. The zero-order chi connectivity index (χ0) is 16.9. The molecule has 124 valence electrons. The minimum atomic E-state index is -1.34. The molecule has 0 saturated carbocycles. The largest absolute Gasteiger partial charge is 0.481 e. The highest BCUT2D eigenvalue weighted by Crippen LogP contribution is 2.32. The lowest BCUT2D eigenvalue weighted by Crippen LogP contribution is -2.53. The van der Waals surface area contributed by atoms with E-state index in [-0.39, 0.29) is 0 Å². The van der Waals surface area contributed by atoms with Crippen molar-refractivity contribution in [1.82, 2.24) is 5.32 Å². The molecule has 0 amide bonds. The maximum atomic E-state index is 11.3. The summed E-state index contributed by atoms with van der Waals surface area (Å²) in [7, 11) is 0. The van der Waals surface area contributed by atoms with Crippen molar-refractivity contribution in [3.8, 4) is 0 Å². The van der Waals surface area contributed by atoms with Gasteiger partial charge in [0.1, 0.15) is 0 Å². The number of hydrogen-bond donors (Lipinski definition) is 5. The molecule has 0 spiro atoms. The average molecular weight is 317 g/mol. The normalized spacial score (nSPS) is 24.2. The molecule has 1 heterocycles. The van der Waals surface area contributed by atoms with Crippen LogP contribution < -0.4 is 5.32 Å². The lowest BCUT2D eigenvalue weighted by atomic mass is 9.73. The van der Waals surface area contributed by atoms with Gasteiger partial charge in [0, 0.05) is 6.04 Å². The first-order chi connectivity index (χ1) is 10.2. The second-order valence-corrected chi connectivity index (χ2v) is 5.37. The quantitative estimate of drug-likeness (QED) is 0.405. The third kappa shape index (κ3) is 4.69. The van der Waals surface area contributed by atoms with Gasteiger partial charge in [-0.2, -0.15) is 0 Å². The van der Waals surface area contributed by atoms with E-state index in [1.807, 2.05) is 0 Å². The van der Waals surface area contributed by atoms with Crippen molar-refractivity contribution in [2.45, 2.75) is 31.7 Å².